The Bertz CT molecular complexity index is 1200. The third kappa shape index (κ3) is 3.49. The molecule has 2 aromatic heterocycles. The Morgan fingerprint density at radius 3 is 2.41 bits per heavy atom. The zero-order valence-electron chi connectivity index (χ0n) is 17.3. The van der Waals surface area contributed by atoms with Crippen LogP contribution in [0, 0.1) is 20.8 Å². The van der Waals surface area contributed by atoms with Gasteiger partial charge in [0.25, 0.3) is 0 Å². The van der Waals surface area contributed by atoms with E-state index in [1.54, 1.807) is 14.2 Å². The quantitative estimate of drug-likeness (QED) is 0.516. The minimum Gasteiger partial charge on any atom is -0.493 e. The van der Waals surface area contributed by atoms with Gasteiger partial charge in [-0.1, -0.05) is 6.07 Å². The summed E-state index contributed by atoms with van der Waals surface area (Å²) in [4.78, 5) is 4.50. The molecule has 29 heavy (non-hydrogen) atoms. The van der Waals surface area contributed by atoms with Crippen LogP contribution in [0.3, 0.4) is 0 Å². The van der Waals surface area contributed by atoms with Gasteiger partial charge in [-0.15, -0.1) is 5.10 Å². The van der Waals surface area contributed by atoms with Crippen molar-refractivity contribution in [3.05, 3.63) is 65.4 Å². The molecule has 6 nitrogen and oxygen atoms in total. The van der Waals surface area contributed by atoms with Gasteiger partial charge in [0.15, 0.2) is 23.0 Å². The number of ether oxygens (including phenoxy) is 2. The van der Waals surface area contributed by atoms with Crippen molar-refractivity contribution in [2.75, 3.05) is 19.5 Å². The monoisotopic (exact) mass is 388 g/mol. The third-order valence-electron chi connectivity index (χ3n) is 5.10. The fourth-order valence-corrected chi connectivity index (χ4v) is 3.41. The van der Waals surface area contributed by atoms with Crippen LogP contribution >= 0.6 is 0 Å². The predicted molar refractivity (Wildman–Crippen MR) is 115 cm³/mol. The summed E-state index contributed by atoms with van der Waals surface area (Å²) in [5, 5.41) is 8.14. The number of aryl methyl sites for hydroxylation is 3. The van der Waals surface area contributed by atoms with Gasteiger partial charge in [-0.2, -0.15) is 0 Å². The van der Waals surface area contributed by atoms with Crippen LogP contribution in [0.5, 0.6) is 11.5 Å². The average Bonchev–Trinajstić information content (AvgIpc) is 3.13. The first kappa shape index (κ1) is 18.8. The molecule has 6 heteroatoms. The molecular weight excluding hydrogens is 364 g/mol. The zero-order valence-corrected chi connectivity index (χ0v) is 17.3. The lowest BCUT2D eigenvalue weighted by Gasteiger charge is -2.13. The van der Waals surface area contributed by atoms with Crippen molar-refractivity contribution in [2.45, 2.75) is 20.8 Å². The van der Waals surface area contributed by atoms with E-state index in [9.17, 15) is 0 Å². The lowest BCUT2D eigenvalue weighted by atomic mass is 10.1. The van der Waals surface area contributed by atoms with E-state index in [0.717, 1.165) is 39.7 Å². The highest BCUT2D eigenvalue weighted by Crippen LogP contribution is 2.36. The molecular formula is C23H24N4O2. The van der Waals surface area contributed by atoms with E-state index in [2.05, 4.69) is 48.4 Å². The highest BCUT2D eigenvalue weighted by molar-refractivity contribution is 5.69. The highest BCUT2D eigenvalue weighted by Gasteiger charge is 2.14. The molecule has 1 N–H and O–H groups in total. The number of aromatic nitrogens is 3. The van der Waals surface area contributed by atoms with E-state index in [0.29, 0.717) is 5.75 Å². The molecule has 0 fully saturated rings. The molecule has 0 amide bonds. The van der Waals surface area contributed by atoms with Crippen molar-refractivity contribution in [1.29, 1.82) is 0 Å². The maximum Gasteiger partial charge on any atom is 0.163 e. The maximum atomic E-state index is 5.50. The molecule has 0 unspecified atom stereocenters. The van der Waals surface area contributed by atoms with Gasteiger partial charge in [0.1, 0.15) is 0 Å². The predicted octanol–water partition coefficient (Wildman–Crippen LogP) is 5.08. The van der Waals surface area contributed by atoms with Crippen LogP contribution in [0.2, 0.25) is 0 Å². The highest BCUT2D eigenvalue weighted by atomic mass is 16.5. The molecule has 148 valence electrons. The van der Waals surface area contributed by atoms with Crippen LogP contribution in [0.25, 0.3) is 16.9 Å². The number of anilines is 2. The third-order valence-corrected chi connectivity index (χ3v) is 5.10. The first-order valence-electron chi connectivity index (χ1n) is 9.42. The van der Waals surface area contributed by atoms with Crippen molar-refractivity contribution in [3.63, 3.8) is 0 Å². The number of fused-ring (bicyclic) bond motifs is 1. The zero-order chi connectivity index (χ0) is 20.5. The fourth-order valence-electron chi connectivity index (χ4n) is 3.41. The molecule has 4 aromatic rings. The van der Waals surface area contributed by atoms with Crippen LogP contribution in [-0.4, -0.2) is 28.8 Å². The molecule has 0 atom stereocenters. The summed E-state index contributed by atoms with van der Waals surface area (Å²) >= 11 is 0. The van der Waals surface area contributed by atoms with Crippen LogP contribution < -0.4 is 14.8 Å². The molecule has 0 aliphatic heterocycles. The Morgan fingerprint density at radius 2 is 1.69 bits per heavy atom. The SMILES string of the molecule is COc1cc(-c2cnc3ccc(Nc4ccc(C)c(C)c4)nn23)cc(C)c1OC. The minimum absolute atomic E-state index is 0.682. The Kier molecular flexibility index (Phi) is 4.84. The molecule has 0 saturated heterocycles. The van der Waals surface area contributed by atoms with E-state index in [1.807, 2.05) is 35.8 Å². The normalized spacial score (nSPS) is 10.9. The second-order valence-corrected chi connectivity index (χ2v) is 7.08. The standard InChI is InChI=1S/C23H24N4O2/c1-14-6-7-18(11-15(14)2)25-21-8-9-22-24-13-19(27(22)26-21)17-10-16(3)23(29-5)20(12-17)28-4/h6-13H,1-5H3,(H,25,26). The van der Waals surface area contributed by atoms with E-state index < -0.39 is 0 Å². The van der Waals surface area contributed by atoms with Gasteiger partial charge in [0, 0.05) is 11.3 Å². The van der Waals surface area contributed by atoms with Crippen molar-refractivity contribution < 1.29 is 9.47 Å². The summed E-state index contributed by atoms with van der Waals surface area (Å²) in [6, 6.07) is 14.2. The van der Waals surface area contributed by atoms with Crippen LogP contribution in [-0.2, 0) is 0 Å². The molecule has 0 aliphatic carbocycles. The molecule has 2 heterocycles. The second kappa shape index (κ2) is 7.47. The summed E-state index contributed by atoms with van der Waals surface area (Å²) < 4.78 is 12.8. The van der Waals surface area contributed by atoms with E-state index in [4.69, 9.17) is 14.6 Å². The molecule has 0 saturated carbocycles. The van der Waals surface area contributed by atoms with Crippen molar-refractivity contribution in [1.82, 2.24) is 14.6 Å². The summed E-state index contributed by atoms with van der Waals surface area (Å²) in [6.45, 7) is 6.20. The Morgan fingerprint density at radius 1 is 0.862 bits per heavy atom. The van der Waals surface area contributed by atoms with Gasteiger partial charge in [0.2, 0.25) is 0 Å². The largest absolute Gasteiger partial charge is 0.493 e. The number of benzene rings is 2. The van der Waals surface area contributed by atoms with E-state index in [-0.39, 0.29) is 0 Å². The first-order valence-corrected chi connectivity index (χ1v) is 9.42. The molecule has 0 bridgehead atoms. The van der Waals surface area contributed by atoms with E-state index in [1.165, 1.54) is 11.1 Å². The first-order chi connectivity index (χ1) is 14.0. The number of hydrogen-bond donors (Lipinski definition) is 1. The topological polar surface area (TPSA) is 60.7 Å². The lowest BCUT2D eigenvalue weighted by Crippen LogP contribution is -2.01. The molecule has 2 aromatic carbocycles. The van der Waals surface area contributed by atoms with Crippen molar-refractivity contribution in [2.24, 2.45) is 0 Å². The van der Waals surface area contributed by atoms with Gasteiger partial charge < -0.3 is 14.8 Å². The van der Waals surface area contributed by atoms with E-state index >= 15 is 0 Å². The Labute approximate surface area is 170 Å². The molecule has 4 rings (SSSR count). The smallest absolute Gasteiger partial charge is 0.163 e. The van der Waals surface area contributed by atoms with Gasteiger partial charge >= 0.3 is 0 Å². The summed E-state index contributed by atoms with van der Waals surface area (Å²) in [7, 11) is 3.28. The van der Waals surface area contributed by atoms with Gasteiger partial charge in [0.05, 0.1) is 26.1 Å². The number of imidazole rings is 1. The molecule has 0 aliphatic rings. The number of hydrogen-bond acceptors (Lipinski definition) is 5. The second-order valence-electron chi connectivity index (χ2n) is 7.08. The Balaban J connectivity index is 1.76. The minimum atomic E-state index is 0.682. The molecule has 0 radical (unpaired) electrons. The lowest BCUT2D eigenvalue weighted by molar-refractivity contribution is 0.353. The summed E-state index contributed by atoms with van der Waals surface area (Å²) in [5.41, 5.74) is 7.11. The summed E-state index contributed by atoms with van der Waals surface area (Å²) in [5.74, 6) is 2.16. The Hall–Kier alpha value is -3.54. The number of rotatable bonds is 5. The number of nitrogens with one attached hydrogen (secondary N) is 1. The fraction of sp³-hybridized carbons (Fsp3) is 0.217. The maximum absolute atomic E-state index is 5.50. The average molecular weight is 388 g/mol. The van der Waals surface area contributed by atoms with Gasteiger partial charge in [-0.25, -0.2) is 9.50 Å². The van der Waals surface area contributed by atoms with Crippen LogP contribution in [0.4, 0.5) is 11.5 Å². The number of methoxy groups -OCH3 is 2. The van der Waals surface area contributed by atoms with Gasteiger partial charge in [-0.3, -0.25) is 0 Å². The summed E-state index contributed by atoms with van der Waals surface area (Å²) in [6.07, 6.45) is 1.82. The van der Waals surface area contributed by atoms with Crippen molar-refractivity contribution in [3.8, 4) is 22.8 Å². The van der Waals surface area contributed by atoms with Crippen LogP contribution in [0.1, 0.15) is 16.7 Å². The van der Waals surface area contributed by atoms with Gasteiger partial charge in [-0.05, 0) is 73.9 Å². The van der Waals surface area contributed by atoms with Crippen molar-refractivity contribution >= 4 is 17.2 Å². The number of nitrogens with zero attached hydrogens (tertiary/aromatic N) is 3. The molecule has 0 spiro atoms. The van der Waals surface area contributed by atoms with Crippen LogP contribution in [0.15, 0.2) is 48.7 Å².